The Balaban J connectivity index is 3.58. The van der Waals surface area contributed by atoms with Crippen LogP contribution in [0.4, 0.5) is 37.7 Å². The molecule has 0 bridgehead atoms. The standard InChI is InChI=1S/C14H10F6N2O3S/c1-6-3-9(10(22-26-25)4-7(6)2)21-5-8(11(23)13(15,16)17)12(24)14(18,19)20/h3-5,23H,1-2H3. The van der Waals surface area contributed by atoms with Crippen LogP contribution in [0.1, 0.15) is 11.1 Å². The lowest BCUT2D eigenvalue weighted by atomic mass is 10.1. The first kappa shape index (κ1) is 21.5. The Bertz CT molecular complexity index is 836. The number of carbonyl (C=O) groups excluding carboxylic acids is 1. The minimum atomic E-state index is -5.66. The smallest absolute Gasteiger partial charge is 0.455 e. The number of carbonyl (C=O) groups is 1. The largest absolute Gasteiger partial charge is 0.504 e. The third kappa shape index (κ3) is 5.25. The molecule has 0 amide bonds. The minimum absolute atomic E-state index is 0.0583. The zero-order valence-electron chi connectivity index (χ0n) is 13.1. The lowest BCUT2D eigenvalue weighted by Gasteiger charge is -2.11. The van der Waals surface area contributed by atoms with E-state index in [4.69, 9.17) is 5.11 Å². The zero-order chi connectivity index (χ0) is 20.3. The number of aliphatic hydroxyl groups is 1. The summed E-state index contributed by atoms with van der Waals surface area (Å²) in [6.07, 6.45) is -11.3. The lowest BCUT2D eigenvalue weighted by Crippen LogP contribution is -2.29. The molecule has 142 valence electrons. The molecule has 1 rings (SSSR count). The maximum absolute atomic E-state index is 12.5. The summed E-state index contributed by atoms with van der Waals surface area (Å²) in [6, 6.07) is 2.59. The van der Waals surface area contributed by atoms with Crippen LogP contribution in [0.15, 0.2) is 32.8 Å². The van der Waals surface area contributed by atoms with Crippen molar-refractivity contribution in [2.45, 2.75) is 26.2 Å². The van der Waals surface area contributed by atoms with E-state index in [1.54, 1.807) is 13.8 Å². The first-order valence-electron chi connectivity index (χ1n) is 6.56. The molecule has 26 heavy (non-hydrogen) atoms. The maximum atomic E-state index is 12.5. The van der Waals surface area contributed by atoms with Gasteiger partial charge in [-0.2, -0.15) is 34.9 Å². The topological polar surface area (TPSA) is 79.1 Å². The van der Waals surface area contributed by atoms with Gasteiger partial charge < -0.3 is 5.11 Å². The van der Waals surface area contributed by atoms with Crippen LogP contribution in [-0.4, -0.2) is 33.7 Å². The van der Waals surface area contributed by atoms with Gasteiger partial charge in [0.2, 0.25) is 17.2 Å². The average Bonchev–Trinajstić information content (AvgIpc) is 2.49. The molecule has 0 aromatic heterocycles. The van der Waals surface area contributed by atoms with E-state index < -0.39 is 29.5 Å². The van der Waals surface area contributed by atoms with Gasteiger partial charge in [-0.05, 0) is 37.1 Å². The number of alkyl halides is 6. The third-order valence-electron chi connectivity index (χ3n) is 3.08. The maximum Gasteiger partial charge on any atom is 0.455 e. The predicted octanol–water partition coefficient (Wildman–Crippen LogP) is 4.54. The van der Waals surface area contributed by atoms with Gasteiger partial charge in [-0.25, -0.2) is 0 Å². The molecule has 0 aliphatic carbocycles. The predicted molar refractivity (Wildman–Crippen MR) is 81.1 cm³/mol. The molecule has 0 radical (unpaired) electrons. The first-order valence-corrected chi connectivity index (χ1v) is 7.26. The number of aryl methyl sites for hydroxylation is 2. The number of Topliss-reactive ketones (excluding diaryl/α,β-unsaturated/α-hetero) is 1. The minimum Gasteiger partial charge on any atom is -0.504 e. The molecule has 0 saturated heterocycles. The van der Waals surface area contributed by atoms with Crippen molar-refractivity contribution in [2.24, 2.45) is 9.36 Å². The van der Waals surface area contributed by atoms with Crippen LogP contribution in [-0.2, 0) is 16.3 Å². The Labute approximate surface area is 146 Å². The molecule has 1 aromatic carbocycles. The summed E-state index contributed by atoms with van der Waals surface area (Å²) in [5.41, 5.74) is -1.26. The third-order valence-corrected chi connectivity index (χ3v) is 3.36. The van der Waals surface area contributed by atoms with Gasteiger partial charge >= 0.3 is 12.4 Å². The van der Waals surface area contributed by atoms with Crippen molar-refractivity contribution >= 4 is 34.8 Å². The van der Waals surface area contributed by atoms with Crippen molar-refractivity contribution < 1.29 is 40.5 Å². The summed E-state index contributed by atoms with van der Waals surface area (Å²) < 4.78 is 89.1. The zero-order valence-corrected chi connectivity index (χ0v) is 13.9. The van der Waals surface area contributed by atoms with E-state index in [1.807, 2.05) is 0 Å². The molecule has 0 unspecified atom stereocenters. The fraction of sp³-hybridized carbons (Fsp3) is 0.286. The van der Waals surface area contributed by atoms with Crippen molar-refractivity contribution in [3.8, 4) is 0 Å². The van der Waals surface area contributed by atoms with Gasteiger partial charge in [0.15, 0.2) is 0 Å². The van der Waals surface area contributed by atoms with E-state index in [9.17, 15) is 35.3 Å². The number of benzene rings is 1. The summed E-state index contributed by atoms with van der Waals surface area (Å²) in [6.45, 7) is 3.21. The summed E-state index contributed by atoms with van der Waals surface area (Å²) in [4.78, 5) is 14.6. The van der Waals surface area contributed by atoms with E-state index in [0.717, 1.165) is 0 Å². The number of rotatable bonds is 4. The Hall–Kier alpha value is -2.50. The number of allylic oxidation sites excluding steroid dienone is 2. The fourth-order valence-electron chi connectivity index (χ4n) is 1.67. The number of aliphatic hydroxyl groups excluding tert-OH is 1. The van der Waals surface area contributed by atoms with Crippen molar-refractivity contribution in [2.75, 3.05) is 0 Å². The van der Waals surface area contributed by atoms with Crippen LogP contribution in [0.5, 0.6) is 0 Å². The fourth-order valence-corrected chi connectivity index (χ4v) is 1.90. The monoisotopic (exact) mass is 400 g/mol. The van der Waals surface area contributed by atoms with Crippen molar-refractivity contribution in [1.29, 1.82) is 0 Å². The number of halogens is 6. The summed E-state index contributed by atoms with van der Waals surface area (Å²) in [5, 5.41) is 8.99. The molecule has 1 N–H and O–H groups in total. The Morgan fingerprint density at radius 2 is 1.54 bits per heavy atom. The molecule has 0 fully saturated rings. The molecule has 12 heteroatoms. The second-order valence-corrected chi connectivity index (χ2v) is 5.27. The Morgan fingerprint density at radius 1 is 1.04 bits per heavy atom. The molecule has 0 aliphatic heterocycles. The molecule has 0 spiro atoms. The van der Waals surface area contributed by atoms with Crippen LogP contribution < -0.4 is 0 Å². The molecule has 0 aliphatic rings. The molecular weight excluding hydrogens is 390 g/mol. The highest BCUT2D eigenvalue weighted by Crippen LogP contribution is 2.33. The Kier molecular flexibility index (Phi) is 6.47. The van der Waals surface area contributed by atoms with Crippen LogP contribution >= 0.6 is 0 Å². The van der Waals surface area contributed by atoms with E-state index in [-0.39, 0.29) is 29.1 Å². The second-order valence-electron chi connectivity index (χ2n) is 4.94. The summed E-state index contributed by atoms with van der Waals surface area (Å²) in [7, 11) is 0. The highest BCUT2D eigenvalue weighted by molar-refractivity contribution is 7.54. The van der Waals surface area contributed by atoms with E-state index in [2.05, 4.69) is 9.36 Å². The van der Waals surface area contributed by atoms with Gasteiger partial charge in [0, 0.05) is 6.21 Å². The number of nitrogens with zero attached hydrogens (tertiary/aromatic N) is 2. The number of hydrogen-bond acceptors (Lipinski definition) is 5. The van der Waals surface area contributed by atoms with Gasteiger partial charge in [0.1, 0.15) is 5.69 Å². The average molecular weight is 400 g/mol. The van der Waals surface area contributed by atoms with Crippen LogP contribution in [0.3, 0.4) is 0 Å². The number of hydrogen-bond donors (Lipinski definition) is 1. The highest BCUT2D eigenvalue weighted by Gasteiger charge is 2.46. The van der Waals surface area contributed by atoms with Gasteiger partial charge in [-0.3, -0.25) is 9.79 Å². The van der Waals surface area contributed by atoms with Crippen molar-refractivity contribution in [1.82, 2.24) is 0 Å². The van der Waals surface area contributed by atoms with Gasteiger partial charge in [0.25, 0.3) is 5.78 Å². The lowest BCUT2D eigenvalue weighted by molar-refractivity contribution is -0.167. The number of aliphatic imine (C=N–C) groups is 1. The highest BCUT2D eigenvalue weighted by atomic mass is 32.1. The van der Waals surface area contributed by atoms with E-state index >= 15 is 0 Å². The molecular formula is C14H10F6N2O3S. The van der Waals surface area contributed by atoms with Crippen molar-refractivity contribution in [3.05, 3.63) is 34.6 Å². The molecule has 5 nitrogen and oxygen atoms in total. The van der Waals surface area contributed by atoms with E-state index in [1.165, 1.54) is 12.1 Å². The molecule has 1 aromatic rings. The Morgan fingerprint density at radius 3 is 1.96 bits per heavy atom. The van der Waals surface area contributed by atoms with Crippen LogP contribution in [0, 0.1) is 13.8 Å². The molecule has 0 atom stereocenters. The van der Waals surface area contributed by atoms with E-state index in [0.29, 0.717) is 11.1 Å². The van der Waals surface area contributed by atoms with Crippen molar-refractivity contribution in [3.63, 3.8) is 0 Å². The van der Waals surface area contributed by atoms with Gasteiger partial charge in [0.05, 0.1) is 11.3 Å². The van der Waals surface area contributed by atoms with Crippen LogP contribution in [0.2, 0.25) is 0 Å². The SMILES string of the molecule is Cc1cc(N=CC(C(=O)C(F)(F)F)=C(O)C(F)(F)F)c(N=S=O)cc1C. The normalized spacial score (nSPS) is 13.5. The van der Waals surface area contributed by atoms with Crippen LogP contribution in [0.25, 0.3) is 0 Å². The number of ketones is 1. The van der Waals surface area contributed by atoms with Gasteiger partial charge in [-0.1, -0.05) is 0 Å². The second kappa shape index (κ2) is 7.81. The molecule has 0 saturated carbocycles. The van der Waals surface area contributed by atoms with Gasteiger partial charge in [-0.15, -0.1) is 0 Å². The summed E-state index contributed by atoms with van der Waals surface area (Å²) in [5.74, 6) is -5.65. The quantitative estimate of drug-likeness (QED) is 0.349. The molecule has 0 heterocycles. The first-order chi connectivity index (χ1) is 11.8. The summed E-state index contributed by atoms with van der Waals surface area (Å²) >= 11 is -0.248.